The maximum absolute atomic E-state index is 11.9. The summed E-state index contributed by atoms with van der Waals surface area (Å²) in [7, 11) is 0. The molecule has 1 aromatic carbocycles. The molecule has 2 heteroatoms. The Morgan fingerprint density at radius 3 is 2.88 bits per heavy atom. The average molecular weight is 216 g/mol. The van der Waals surface area contributed by atoms with Crippen molar-refractivity contribution in [3.05, 3.63) is 47.5 Å². The third-order valence-electron chi connectivity index (χ3n) is 2.83. The summed E-state index contributed by atoms with van der Waals surface area (Å²) < 4.78 is 5.43. The molecule has 84 valence electrons. The lowest BCUT2D eigenvalue weighted by Crippen LogP contribution is -2.18. The van der Waals surface area contributed by atoms with Crippen LogP contribution in [0, 0.1) is 6.92 Å². The molecule has 0 amide bonds. The highest BCUT2D eigenvalue weighted by Crippen LogP contribution is 2.16. The molecule has 0 aromatic heterocycles. The molecule has 1 unspecified atom stereocenters. The van der Waals surface area contributed by atoms with E-state index in [1.165, 1.54) is 0 Å². The fourth-order valence-electron chi connectivity index (χ4n) is 1.88. The molecule has 2 rings (SSSR count). The summed E-state index contributed by atoms with van der Waals surface area (Å²) in [6.45, 7) is 1.92. The van der Waals surface area contributed by atoms with E-state index in [1.54, 1.807) is 0 Å². The monoisotopic (exact) mass is 216 g/mol. The van der Waals surface area contributed by atoms with Crippen LogP contribution < -0.4 is 0 Å². The van der Waals surface area contributed by atoms with Gasteiger partial charge in [-0.3, -0.25) is 0 Å². The Balaban J connectivity index is 2.05. The smallest absolute Gasteiger partial charge is 0.338 e. The van der Waals surface area contributed by atoms with E-state index >= 15 is 0 Å². The van der Waals surface area contributed by atoms with Crippen molar-refractivity contribution in [2.45, 2.75) is 32.3 Å². The minimum atomic E-state index is -0.213. The molecule has 1 aliphatic rings. The first kappa shape index (κ1) is 10.9. The van der Waals surface area contributed by atoms with Crippen molar-refractivity contribution >= 4 is 5.97 Å². The quantitative estimate of drug-likeness (QED) is 0.560. The number of aryl methyl sites for hydroxylation is 1. The van der Waals surface area contributed by atoms with Crippen LogP contribution >= 0.6 is 0 Å². The Kier molecular flexibility index (Phi) is 3.40. The van der Waals surface area contributed by atoms with Crippen molar-refractivity contribution in [2.24, 2.45) is 0 Å². The number of esters is 1. The second-order valence-corrected chi connectivity index (χ2v) is 4.12. The van der Waals surface area contributed by atoms with E-state index < -0.39 is 0 Å². The minimum absolute atomic E-state index is 0.0409. The van der Waals surface area contributed by atoms with Crippen LogP contribution in [0.3, 0.4) is 0 Å². The van der Waals surface area contributed by atoms with E-state index in [9.17, 15) is 4.79 Å². The summed E-state index contributed by atoms with van der Waals surface area (Å²) in [6, 6.07) is 7.52. The highest BCUT2D eigenvalue weighted by molar-refractivity contribution is 5.91. The Morgan fingerprint density at radius 1 is 1.38 bits per heavy atom. The molecule has 2 nitrogen and oxygen atoms in total. The van der Waals surface area contributed by atoms with Gasteiger partial charge in [-0.25, -0.2) is 4.79 Å². The van der Waals surface area contributed by atoms with Gasteiger partial charge in [0.1, 0.15) is 6.10 Å². The Hall–Kier alpha value is -1.57. The predicted octanol–water partition coefficient (Wildman–Crippen LogP) is 3.26. The molecule has 1 aromatic rings. The van der Waals surface area contributed by atoms with Crippen LogP contribution in [0.1, 0.15) is 35.2 Å². The van der Waals surface area contributed by atoms with Crippen molar-refractivity contribution in [3.63, 3.8) is 0 Å². The maximum Gasteiger partial charge on any atom is 0.338 e. The fourth-order valence-corrected chi connectivity index (χ4v) is 1.88. The van der Waals surface area contributed by atoms with Gasteiger partial charge in [-0.15, -0.1) is 0 Å². The van der Waals surface area contributed by atoms with Gasteiger partial charge in [0, 0.05) is 0 Å². The van der Waals surface area contributed by atoms with Crippen LogP contribution in [-0.2, 0) is 4.74 Å². The van der Waals surface area contributed by atoms with Gasteiger partial charge in [0.2, 0.25) is 0 Å². The van der Waals surface area contributed by atoms with Crippen LogP contribution in [0.4, 0.5) is 0 Å². The van der Waals surface area contributed by atoms with Crippen molar-refractivity contribution < 1.29 is 9.53 Å². The summed E-state index contributed by atoms with van der Waals surface area (Å²) in [5.41, 5.74) is 1.63. The highest BCUT2D eigenvalue weighted by atomic mass is 16.5. The second-order valence-electron chi connectivity index (χ2n) is 4.12. The number of carbonyl (C=O) groups excluding carboxylic acids is 1. The Bertz CT molecular complexity index is 407. The number of rotatable bonds is 2. The zero-order valence-electron chi connectivity index (χ0n) is 9.48. The predicted molar refractivity (Wildman–Crippen MR) is 63.4 cm³/mol. The van der Waals surface area contributed by atoms with E-state index in [0.717, 1.165) is 24.8 Å². The molecule has 0 fully saturated rings. The van der Waals surface area contributed by atoms with Crippen LogP contribution in [0.25, 0.3) is 0 Å². The number of hydrogen-bond donors (Lipinski definition) is 0. The van der Waals surface area contributed by atoms with Crippen LogP contribution in [0.15, 0.2) is 36.4 Å². The largest absolute Gasteiger partial charge is 0.455 e. The molecule has 0 spiro atoms. The molecule has 16 heavy (non-hydrogen) atoms. The van der Waals surface area contributed by atoms with Gasteiger partial charge in [0.25, 0.3) is 0 Å². The van der Waals surface area contributed by atoms with E-state index in [4.69, 9.17) is 4.74 Å². The third kappa shape index (κ3) is 2.51. The molecule has 0 saturated heterocycles. The van der Waals surface area contributed by atoms with Crippen molar-refractivity contribution in [3.8, 4) is 0 Å². The molecular weight excluding hydrogens is 200 g/mol. The van der Waals surface area contributed by atoms with Gasteiger partial charge in [0.05, 0.1) is 5.56 Å². The fraction of sp³-hybridized carbons (Fsp3) is 0.357. The zero-order valence-corrected chi connectivity index (χ0v) is 9.48. The van der Waals surface area contributed by atoms with Gasteiger partial charge in [-0.2, -0.15) is 0 Å². The lowest BCUT2D eigenvalue weighted by molar-refractivity contribution is 0.0369. The molecule has 0 saturated carbocycles. The van der Waals surface area contributed by atoms with Crippen LogP contribution in [-0.4, -0.2) is 12.1 Å². The minimum Gasteiger partial charge on any atom is -0.455 e. The van der Waals surface area contributed by atoms with Crippen LogP contribution in [0.2, 0.25) is 0 Å². The van der Waals surface area contributed by atoms with E-state index in [1.807, 2.05) is 37.3 Å². The van der Waals surface area contributed by atoms with Gasteiger partial charge in [-0.1, -0.05) is 24.3 Å². The van der Waals surface area contributed by atoms with Gasteiger partial charge >= 0.3 is 5.97 Å². The normalized spacial score (nSPS) is 19.4. The first-order valence-corrected chi connectivity index (χ1v) is 5.70. The molecule has 1 atom stereocenters. The molecule has 0 N–H and O–H groups in total. The Labute approximate surface area is 95.9 Å². The maximum atomic E-state index is 11.9. The number of benzene rings is 1. The third-order valence-corrected chi connectivity index (χ3v) is 2.83. The van der Waals surface area contributed by atoms with E-state index in [-0.39, 0.29) is 12.1 Å². The molecular formula is C14H16O2. The second kappa shape index (κ2) is 4.97. The standard InChI is InChI=1S/C14H16O2/c1-11-7-5-6-10-13(11)14(15)16-12-8-3-2-4-9-12/h3,5-8,10,12H,2,4,9H2,1H3. The first-order valence-electron chi connectivity index (χ1n) is 5.70. The van der Waals surface area contributed by atoms with Crippen molar-refractivity contribution in [2.75, 3.05) is 0 Å². The molecule has 0 radical (unpaired) electrons. The van der Waals surface area contributed by atoms with Gasteiger partial charge < -0.3 is 4.74 Å². The van der Waals surface area contributed by atoms with Gasteiger partial charge in [-0.05, 0) is 43.9 Å². The summed E-state index contributed by atoms with van der Waals surface area (Å²) >= 11 is 0. The molecule has 1 aliphatic carbocycles. The van der Waals surface area contributed by atoms with Gasteiger partial charge in [0.15, 0.2) is 0 Å². The van der Waals surface area contributed by atoms with E-state index in [0.29, 0.717) is 5.56 Å². The average Bonchev–Trinajstić information content (AvgIpc) is 2.31. The lowest BCUT2D eigenvalue weighted by Gasteiger charge is -2.17. The summed E-state index contributed by atoms with van der Waals surface area (Å²) in [5.74, 6) is -0.213. The summed E-state index contributed by atoms with van der Waals surface area (Å²) in [4.78, 5) is 11.9. The molecule has 0 aliphatic heterocycles. The topological polar surface area (TPSA) is 26.3 Å². The Morgan fingerprint density at radius 2 is 2.19 bits per heavy atom. The number of carbonyl (C=O) groups is 1. The SMILES string of the molecule is Cc1ccccc1C(=O)OC1C=CCCC1. The van der Waals surface area contributed by atoms with E-state index in [2.05, 4.69) is 6.08 Å². The van der Waals surface area contributed by atoms with Crippen molar-refractivity contribution in [1.82, 2.24) is 0 Å². The molecule has 0 bridgehead atoms. The van der Waals surface area contributed by atoms with Crippen molar-refractivity contribution in [1.29, 1.82) is 0 Å². The summed E-state index contributed by atoms with van der Waals surface area (Å²) in [6.07, 6.45) is 7.16. The first-order chi connectivity index (χ1) is 7.77. The number of allylic oxidation sites excluding steroid dienone is 1. The lowest BCUT2D eigenvalue weighted by atomic mass is 10.0. The summed E-state index contributed by atoms with van der Waals surface area (Å²) in [5, 5.41) is 0. The number of hydrogen-bond acceptors (Lipinski definition) is 2. The highest BCUT2D eigenvalue weighted by Gasteiger charge is 2.16. The van der Waals surface area contributed by atoms with Crippen LogP contribution in [0.5, 0.6) is 0 Å². The molecule has 0 heterocycles. The zero-order chi connectivity index (χ0) is 11.4. The number of ether oxygens (including phenoxy) is 1.